The highest BCUT2D eigenvalue weighted by Crippen LogP contribution is 2.37. The molecule has 2 rings (SSSR count). The van der Waals surface area contributed by atoms with Crippen LogP contribution in [0, 0.1) is 6.92 Å². The molecule has 0 bridgehead atoms. The van der Waals surface area contributed by atoms with Gasteiger partial charge in [-0.3, -0.25) is 0 Å². The van der Waals surface area contributed by atoms with E-state index in [1.807, 2.05) is 0 Å². The second-order valence-electron chi connectivity index (χ2n) is 5.49. The molecule has 1 saturated heterocycles. The predicted molar refractivity (Wildman–Crippen MR) is 75.5 cm³/mol. The smallest absolute Gasteiger partial charge is 0.0666 e. The van der Waals surface area contributed by atoms with Gasteiger partial charge in [-0.1, -0.05) is 41.9 Å². The van der Waals surface area contributed by atoms with Crippen LogP contribution in [0.1, 0.15) is 44.2 Å². The molecular weight excluding hydrogens is 276 g/mol. The molecule has 0 radical (unpaired) electrons. The van der Waals surface area contributed by atoms with Gasteiger partial charge in [-0.2, -0.15) is 0 Å². The van der Waals surface area contributed by atoms with Crippen LogP contribution in [0.4, 0.5) is 0 Å². The SMILES string of the molecule is Cc1c(Br)cccc1C(C)(C)C1CCCCO1. The van der Waals surface area contributed by atoms with Gasteiger partial charge < -0.3 is 4.74 Å². The molecular formula is C15H21BrO. The second kappa shape index (κ2) is 5.11. The summed E-state index contributed by atoms with van der Waals surface area (Å²) in [6.45, 7) is 7.71. The quantitative estimate of drug-likeness (QED) is 0.775. The molecule has 0 amide bonds. The Morgan fingerprint density at radius 3 is 2.71 bits per heavy atom. The largest absolute Gasteiger partial charge is 0.377 e. The number of rotatable bonds is 2. The van der Waals surface area contributed by atoms with Crippen molar-refractivity contribution in [2.24, 2.45) is 0 Å². The van der Waals surface area contributed by atoms with Gasteiger partial charge in [0.05, 0.1) is 6.10 Å². The van der Waals surface area contributed by atoms with Gasteiger partial charge in [0.1, 0.15) is 0 Å². The van der Waals surface area contributed by atoms with E-state index in [2.05, 4.69) is 54.9 Å². The van der Waals surface area contributed by atoms with Crippen molar-refractivity contribution >= 4 is 15.9 Å². The Hall–Kier alpha value is -0.340. The van der Waals surface area contributed by atoms with Crippen LogP contribution in [0.5, 0.6) is 0 Å². The minimum Gasteiger partial charge on any atom is -0.377 e. The molecule has 1 atom stereocenters. The van der Waals surface area contributed by atoms with Crippen molar-refractivity contribution in [2.45, 2.75) is 51.6 Å². The molecule has 1 aliphatic heterocycles. The van der Waals surface area contributed by atoms with Crippen LogP contribution >= 0.6 is 15.9 Å². The van der Waals surface area contributed by atoms with E-state index in [1.165, 1.54) is 34.9 Å². The van der Waals surface area contributed by atoms with Crippen molar-refractivity contribution in [1.82, 2.24) is 0 Å². The van der Waals surface area contributed by atoms with Gasteiger partial charge in [-0.25, -0.2) is 0 Å². The highest BCUT2D eigenvalue weighted by molar-refractivity contribution is 9.10. The molecule has 0 aromatic heterocycles. The first-order valence-corrected chi connectivity index (χ1v) is 7.20. The monoisotopic (exact) mass is 296 g/mol. The molecule has 1 aliphatic rings. The van der Waals surface area contributed by atoms with E-state index in [9.17, 15) is 0 Å². The van der Waals surface area contributed by atoms with E-state index in [4.69, 9.17) is 4.74 Å². The van der Waals surface area contributed by atoms with Crippen LogP contribution in [0.25, 0.3) is 0 Å². The zero-order valence-corrected chi connectivity index (χ0v) is 12.5. The Balaban J connectivity index is 2.32. The van der Waals surface area contributed by atoms with Gasteiger partial charge in [0.2, 0.25) is 0 Å². The number of hydrogen-bond acceptors (Lipinski definition) is 1. The molecule has 94 valence electrons. The molecule has 1 heterocycles. The molecule has 1 aromatic carbocycles. The molecule has 1 unspecified atom stereocenters. The Bertz CT molecular complexity index is 392. The van der Waals surface area contributed by atoms with E-state index < -0.39 is 0 Å². The lowest BCUT2D eigenvalue weighted by molar-refractivity contribution is -0.0258. The van der Waals surface area contributed by atoms with Crippen molar-refractivity contribution in [3.05, 3.63) is 33.8 Å². The Morgan fingerprint density at radius 1 is 1.29 bits per heavy atom. The highest BCUT2D eigenvalue weighted by Gasteiger charge is 2.34. The van der Waals surface area contributed by atoms with Crippen molar-refractivity contribution in [1.29, 1.82) is 0 Å². The summed E-state index contributed by atoms with van der Waals surface area (Å²) in [6.07, 6.45) is 4.04. The van der Waals surface area contributed by atoms with Crippen LogP contribution in [-0.4, -0.2) is 12.7 Å². The maximum Gasteiger partial charge on any atom is 0.0666 e. The summed E-state index contributed by atoms with van der Waals surface area (Å²) in [4.78, 5) is 0. The third kappa shape index (κ3) is 2.58. The molecule has 0 aliphatic carbocycles. The zero-order chi connectivity index (χ0) is 12.5. The maximum absolute atomic E-state index is 5.98. The van der Waals surface area contributed by atoms with Gasteiger partial charge in [0, 0.05) is 16.5 Å². The molecule has 1 aromatic rings. The van der Waals surface area contributed by atoms with Gasteiger partial charge in [-0.05, 0) is 43.4 Å². The Labute approximate surface area is 113 Å². The lowest BCUT2D eigenvalue weighted by Crippen LogP contribution is -2.38. The predicted octanol–water partition coefficient (Wildman–Crippen LogP) is 4.60. The average Bonchev–Trinajstić information content (AvgIpc) is 2.33. The first-order chi connectivity index (χ1) is 8.03. The summed E-state index contributed by atoms with van der Waals surface area (Å²) in [5.41, 5.74) is 2.83. The van der Waals surface area contributed by atoms with Gasteiger partial charge >= 0.3 is 0 Å². The lowest BCUT2D eigenvalue weighted by atomic mass is 9.75. The molecule has 1 nitrogen and oxygen atoms in total. The summed E-state index contributed by atoms with van der Waals surface area (Å²) in [6, 6.07) is 6.46. The van der Waals surface area contributed by atoms with Crippen molar-refractivity contribution < 1.29 is 4.74 Å². The zero-order valence-electron chi connectivity index (χ0n) is 10.9. The molecule has 0 saturated carbocycles. The van der Waals surface area contributed by atoms with Gasteiger partial charge in [0.15, 0.2) is 0 Å². The number of halogens is 1. The maximum atomic E-state index is 5.98. The third-order valence-corrected chi connectivity index (χ3v) is 4.81. The fraction of sp³-hybridized carbons (Fsp3) is 0.600. The summed E-state index contributed by atoms with van der Waals surface area (Å²) in [5.74, 6) is 0. The van der Waals surface area contributed by atoms with E-state index in [0.29, 0.717) is 6.10 Å². The molecule has 0 spiro atoms. The van der Waals surface area contributed by atoms with Crippen LogP contribution in [0.2, 0.25) is 0 Å². The summed E-state index contributed by atoms with van der Waals surface area (Å²) in [5, 5.41) is 0. The summed E-state index contributed by atoms with van der Waals surface area (Å²) < 4.78 is 7.17. The van der Waals surface area contributed by atoms with Crippen molar-refractivity contribution in [3.63, 3.8) is 0 Å². The van der Waals surface area contributed by atoms with Crippen LogP contribution in [0.3, 0.4) is 0 Å². The molecule has 2 heteroatoms. The normalized spacial score (nSPS) is 21.5. The van der Waals surface area contributed by atoms with Crippen LogP contribution in [0.15, 0.2) is 22.7 Å². The highest BCUT2D eigenvalue weighted by atomic mass is 79.9. The minimum absolute atomic E-state index is 0.0916. The fourth-order valence-electron chi connectivity index (χ4n) is 2.79. The fourth-order valence-corrected chi connectivity index (χ4v) is 3.16. The first kappa shape index (κ1) is 13.1. The van der Waals surface area contributed by atoms with Crippen molar-refractivity contribution in [3.8, 4) is 0 Å². The number of ether oxygens (including phenoxy) is 1. The average molecular weight is 297 g/mol. The standard InChI is InChI=1S/C15H21BrO/c1-11-12(7-6-8-13(11)16)15(2,3)14-9-4-5-10-17-14/h6-8,14H,4-5,9-10H2,1-3H3. The second-order valence-corrected chi connectivity index (χ2v) is 6.34. The number of benzene rings is 1. The van der Waals surface area contributed by atoms with E-state index >= 15 is 0 Å². The topological polar surface area (TPSA) is 9.23 Å². The minimum atomic E-state index is 0.0916. The molecule has 1 fully saturated rings. The molecule has 17 heavy (non-hydrogen) atoms. The van der Waals surface area contributed by atoms with E-state index in [0.717, 1.165) is 6.61 Å². The summed E-state index contributed by atoms with van der Waals surface area (Å²) >= 11 is 3.62. The third-order valence-electron chi connectivity index (χ3n) is 3.95. The Kier molecular flexibility index (Phi) is 3.94. The number of hydrogen-bond donors (Lipinski definition) is 0. The Morgan fingerprint density at radius 2 is 2.06 bits per heavy atom. The van der Waals surface area contributed by atoms with Gasteiger partial charge in [0.25, 0.3) is 0 Å². The van der Waals surface area contributed by atoms with Crippen LogP contribution < -0.4 is 0 Å². The van der Waals surface area contributed by atoms with E-state index in [1.54, 1.807) is 0 Å². The van der Waals surface area contributed by atoms with Gasteiger partial charge in [-0.15, -0.1) is 0 Å². The van der Waals surface area contributed by atoms with E-state index in [-0.39, 0.29) is 5.41 Å². The van der Waals surface area contributed by atoms with Crippen LogP contribution in [-0.2, 0) is 10.2 Å². The summed E-state index contributed by atoms with van der Waals surface area (Å²) in [7, 11) is 0. The molecule has 0 N–H and O–H groups in total. The van der Waals surface area contributed by atoms with Crippen molar-refractivity contribution in [2.75, 3.05) is 6.61 Å². The lowest BCUT2D eigenvalue weighted by Gasteiger charge is -2.38. The first-order valence-electron chi connectivity index (χ1n) is 6.40.